The first-order valence-electron chi connectivity index (χ1n) is 6.77. The molecule has 3 nitrogen and oxygen atoms in total. The quantitative estimate of drug-likeness (QED) is 0.727. The van der Waals surface area contributed by atoms with Gasteiger partial charge in [-0.15, -0.1) is 0 Å². The predicted octanol–water partition coefficient (Wildman–Crippen LogP) is 5.24. The Labute approximate surface area is 142 Å². The van der Waals surface area contributed by atoms with Crippen molar-refractivity contribution in [3.8, 4) is 11.6 Å². The van der Waals surface area contributed by atoms with Gasteiger partial charge in [-0.3, -0.25) is 0 Å². The summed E-state index contributed by atoms with van der Waals surface area (Å²) in [6.45, 7) is 5.01. The highest BCUT2D eigenvalue weighted by molar-refractivity contribution is 9.10. The molecular formula is C16H18Br2N2O. The molecule has 1 N–H and O–H groups in total. The van der Waals surface area contributed by atoms with E-state index < -0.39 is 0 Å². The molecule has 21 heavy (non-hydrogen) atoms. The first-order chi connectivity index (χ1) is 10.0. The van der Waals surface area contributed by atoms with E-state index in [9.17, 15) is 0 Å². The van der Waals surface area contributed by atoms with Crippen LogP contribution in [0.2, 0.25) is 0 Å². The van der Waals surface area contributed by atoms with Crippen molar-refractivity contribution in [2.75, 3.05) is 7.05 Å². The highest BCUT2D eigenvalue weighted by Gasteiger charge is 2.13. The summed E-state index contributed by atoms with van der Waals surface area (Å²) < 4.78 is 8.07. The van der Waals surface area contributed by atoms with Crippen molar-refractivity contribution in [2.24, 2.45) is 0 Å². The van der Waals surface area contributed by atoms with Crippen LogP contribution in [0.1, 0.15) is 30.9 Å². The van der Waals surface area contributed by atoms with Gasteiger partial charge in [-0.05, 0) is 58.7 Å². The van der Waals surface area contributed by atoms with E-state index in [1.54, 1.807) is 6.20 Å². The molecule has 0 fully saturated rings. The third-order valence-corrected chi connectivity index (χ3v) is 3.99. The summed E-state index contributed by atoms with van der Waals surface area (Å²) in [5.74, 6) is 1.86. The molecule has 2 aromatic rings. The van der Waals surface area contributed by atoms with Crippen molar-refractivity contribution in [3.05, 3.63) is 50.5 Å². The molecule has 0 saturated heterocycles. The number of hydrogen-bond donors (Lipinski definition) is 1. The lowest BCUT2D eigenvalue weighted by Crippen LogP contribution is -2.07. The number of pyridine rings is 1. The van der Waals surface area contributed by atoms with E-state index in [0.29, 0.717) is 18.3 Å². The maximum absolute atomic E-state index is 6.07. The molecule has 0 amide bonds. The van der Waals surface area contributed by atoms with Gasteiger partial charge in [-0.1, -0.05) is 29.8 Å². The smallest absolute Gasteiger partial charge is 0.223 e. The van der Waals surface area contributed by atoms with Crippen LogP contribution < -0.4 is 10.1 Å². The van der Waals surface area contributed by atoms with Gasteiger partial charge in [0.25, 0.3) is 0 Å². The standard InChI is InChI=1S/C16H18Br2N2O/c1-10(2)14-7-12(17)4-5-15(14)21-16-11(8-19-3)6-13(18)9-20-16/h4-7,9-10,19H,8H2,1-3H3. The SMILES string of the molecule is CNCc1cc(Br)cnc1Oc1ccc(Br)cc1C(C)C. The lowest BCUT2D eigenvalue weighted by molar-refractivity contribution is 0.446. The highest BCUT2D eigenvalue weighted by Crippen LogP contribution is 2.33. The number of nitrogens with one attached hydrogen (secondary N) is 1. The van der Waals surface area contributed by atoms with Crippen LogP contribution in [0.5, 0.6) is 11.6 Å². The summed E-state index contributed by atoms with van der Waals surface area (Å²) in [6, 6.07) is 8.08. The normalized spacial score (nSPS) is 11.0. The van der Waals surface area contributed by atoms with E-state index in [1.165, 1.54) is 0 Å². The summed E-state index contributed by atoms with van der Waals surface area (Å²) in [5.41, 5.74) is 2.18. The zero-order valence-electron chi connectivity index (χ0n) is 12.3. The van der Waals surface area contributed by atoms with Crippen molar-refractivity contribution in [3.63, 3.8) is 0 Å². The van der Waals surface area contributed by atoms with Crippen molar-refractivity contribution < 1.29 is 4.74 Å². The van der Waals surface area contributed by atoms with Crippen molar-refractivity contribution in [2.45, 2.75) is 26.3 Å². The molecule has 0 bridgehead atoms. The Morgan fingerprint density at radius 2 is 1.95 bits per heavy atom. The molecule has 0 radical (unpaired) electrons. The lowest BCUT2D eigenvalue weighted by atomic mass is 10.0. The Hall–Kier alpha value is -0.910. The van der Waals surface area contributed by atoms with Gasteiger partial charge in [0, 0.05) is 27.3 Å². The predicted molar refractivity (Wildman–Crippen MR) is 93.0 cm³/mol. The number of aromatic nitrogens is 1. The topological polar surface area (TPSA) is 34.2 Å². The number of hydrogen-bond acceptors (Lipinski definition) is 3. The summed E-state index contributed by atoms with van der Waals surface area (Å²) in [4.78, 5) is 4.39. The molecule has 5 heteroatoms. The average molecular weight is 414 g/mol. The summed E-state index contributed by atoms with van der Waals surface area (Å²) in [7, 11) is 1.91. The largest absolute Gasteiger partial charge is 0.438 e. The molecule has 0 spiro atoms. The van der Waals surface area contributed by atoms with Gasteiger partial charge >= 0.3 is 0 Å². The summed E-state index contributed by atoms with van der Waals surface area (Å²) in [5, 5.41) is 3.14. The minimum atomic E-state index is 0.376. The molecule has 0 aliphatic rings. The molecule has 0 aliphatic carbocycles. The van der Waals surface area contributed by atoms with E-state index in [-0.39, 0.29) is 0 Å². The third-order valence-electron chi connectivity index (χ3n) is 3.06. The van der Waals surface area contributed by atoms with Crippen LogP contribution in [0.4, 0.5) is 0 Å². The van der Waals surface area contributed by atoms with E-state index in [2.05, 4.69) is 62.1 Å². The summed E-state index contributed by atoms with van der Waals surface area (Å²) in [6.07, 6.45) is 1.75. The fourth-order valence-corrected chi connectivity index (χ4v) is 2.80. The molecule has 0 aliphatic heterocycles. The fourth-order valence-electron chi connectivity index (χ4n) is 2.05. The molecule has 2 rings (SSSR count). The molecule has 0 unspecified atom stereocenters. The molecule has 0 atom stereocenters. The molecule has 1 aromatic carbocycles. The molecular weight excluding hydrogens is 396 g/mol. The number of nitrogens with zero attached hydrogens (tertiary/aromatic N) is 1. The Balaban J connectivity index is 2.38. The lowest BCUT2D eigenvalue weighted by Gasteiger charge is -2.15. The Morgan fingerprint density at radius 3 is 2.62 bits per heavy atom. The van der Waals surface area contributed by atoms with Gasteiger partial charge in [0.1, 0.15) is 5.75 Å². The van der Waals surface area contributed by atoms with Crippen LogP contribution in [0, 0.1) is 0 Å². The van der Waals surface area contributed by atoms with E-state index in [1.807, 2.05) is 25.2 Å². The second kappa shape index (κ2) is 7.38. The van der Waals surface area contributed by atoms with Gasteiger partial charge in [0.05, 0.1) is 0 Å². The maximum Gasteiger partial charge on any atom is 0.223 e. The fraction of sp³-hybridized carbons (Fsp3) is 0.312. The number of ether oxygens (including phenoxy) is 1. The van der Waals surface area contributed by atoms with Crippen molar-refractivity contribution >= 4 is 31.9 Å². The Bertz CT molecular complexity index is 630. The van der Waals surface area contributed by atoms with Crippen LogP contribution in [0.15, 0.2) is 39.4 Å². The van der Waals surface area contributed by atoms with Crippen LogP contribution in [-0.2, 0) is 6.54 Å². The van der Waals surface area contributed by atoms with E-state index in [0.717, 1.165) is 25.8 Å². The molecule has 1 aromatic heterocycles. The minimum absolute atomic E-state index is 0.376. The highest BCUT2D eigenvalue weighted by atomic mass is 79.9. The van der Waals surface area contributed by atoms with Crippen LogP contribution in [-0.4, -0.2) is 12.0 Å². The zero-order valence-corrected chi connectivity index (χ0v) is 15.5. The first-order valence-corrected chi connectivity index (χ1v) is 8.36. The Morgan fingerprint density at radius 1 is 1.19 bits per heavy atom. The second-order valence-electron chi connectivity index (χ2n) is 5.09. The minimum Gasteiger partial charge on any atom is -0.438 e. The van der Waals surface area contributed by atoms with Crippen LogP contribution in [0.3, 0.4) is 0 Å². The molecule has 112 valence electrons. The number of rotatable bonds is 5. The zero-order chi connectivity index (χ0) is 15.4. The van der Waals surface area contributed by atoms with Gasteiger partial charge in [0.2, 0.25) is 5.88 Å². The van der Waals surface area contributed by atoms with Crippen LogP contribution in [0.25, 0.3) is 0 Å². The van der Waals surface area contributed by atoms with Crippen molar-refractivity contribution in [1.82, 2.24) is 10.3 Å². The Kier molecular flexibility index (Phi) is 5.79. The number of halogens is 2. The van der Waals surface area contributed by atoms with Gasteiger partial charge < -0.3 is 10.1 Å². The van der Waals surface area contributed by atoms with Gasteiger partial charge in [-0.25, -0.2) is 4.98 Å². The van der Waals surface area contributed by atoms with Crippen LogP contribution >= 0.6 is 31.9 Å². The second-order valence-corrected chi connectivity index (χ2v) is 6.92. The first kappa shape index (κ1) is 16.5. The van der Waals surface area contributed by atoms with Gasteiger partial charge in [-0.2, -0.15) is 0 Å². The molecule has 0 saturated carbocycles. The summed E-state index contributed by atoms with van der Waals surface area (Å²) >= 11 is 6.96. The maximum atomic E-state index is 6.07. The molecule has 1 heterocycles. The monoisotopic (exact) mass is 412 g/mol. The van der Waals surface area contributed by atoms with E-state index >= 15 is 0 Å². The van der Waals surface area contributed by atoms with Gasteiger partial charge in [0.15, 0.2) is 0 Å². The third kappa shape index (κ3) is 4.28. The average Bonchev–Trinajstić information content (AvgIpc) is 2.43. The number of benzene rings is 1. The van der Waals surface area contributed by atoms with E-state index in [4.69, 9.17) is 4.74 Å². The van der Waals surface area contributed by atoms with Crippen molar-refractivity contribution in [1.29, 1.82) is 0 Å².